The summed E-state index contributed by atoms with van der Waals surface area (Å²) in [6.07, 6.45) is 1.52. The average Bonchev–Trinajstić information content (AvgIpc) is 2.68. The van der Waals surface area contributed by atoms with E-state index < -0.39 is 20.6 Å². The zero-order valence-electron chi connectivity index (χ0n) is 16.2. The third-order valence-corrected chi connectivity index (χ3v) is 6.87. The molecule has 0 aromatic heterocycles. The molecule has 0 N–H and O–H groups in total. The summed E-state index contributed by atoms with van der Waals surface area (Å²) >= 11 is 0. The molecule has 1 fully saturated rings. The van der Waals surface area contributed by atoms with Gasteiger partial charge >= 0.3 is 5.69 Å². The summed E-state index contributed by atoms with van der Waals surface area (Å²) in [6, 6.07) is 9.87. The van der Waals surface area contributed by atoms with Gasteiger partial charge in [0.1, 0.15) is 5.75 Å². The number of carbonyl (C=O) groups is 1. The lowest BCUT2D eigenvalue weighted by molar-refractivity contribution is -0.385. The fourth-order valence-electron chi connectivity index (χ4n) is 3.17. The number of ketones is 1. The molecule has 29 heavy (non-hydrogen) atoms. The Hall–Kier alpha value is -2.78. The maximum Gasteiger partial charge on any atom is 0.312 e. The van der Waals surface area contributed by atoms with Gasteiger partial charge in [0.05, 0.1) is 9.82 Å². The van der Waals surface area contributed by atoms with E-state index in [9.17, 15) is 23.3 Å². The Morgan fingerprint density at radius 2 is 1.86 bits per heavy atom. The second-order valence-electron chi connectivity index (χ2n) is 7.16. The number of sulfonamides is 1. The van der Waals surface area contributed by atoms with E-state index in [0.717, 1.165) is 18.9 Å². The zero-order chi connectivity index (χ0) is 21.2. The van der Waals surface area contributed by atoms with E-state index in [0.29, 0.717) is 24.6 Å². The van der Waals surface area contributed by atoms with Crippen LogP contribution in [0.2, 0.25) is 0 Å². The van der Waals surface area contributed by atoms with E-state index in [2.05, 4.69) is 6.92 Å². The highest BCUT2D eigenvalue weighted by atomic mass is 32.2. The van der Waals surface area contributed by atoms with Gasteiger partial charge in [0, 0.05) is 24.7 Å². The number of Topliss-reactive ketones (excluding diaryl/α,β-unsaturated/α-hetero) is 1. The minimum atomic E-state index is -3.82. The van der Waals surface area contributed by atoms with Gasteiger partial charge in [-0.25, -0.2) is 8.42 Å². The molecular weight excluding hydrogens is 396 g/mol. The molecule has 154 valence electrons. The fourth-order valence-corrected chi connectivity index (χ4v) is 4.66. The summed E-state index contributed by atoms with van der Waals surface area (Å²) in [5.74, 6) is 0.447. The number of ether oxygens (including phenoxy) is 1. The standard InChI is InChI=1S/C20H22N2O6S/c1-14-8-10-21(11-9-14)29(26,27)18-6-7-20(19(13-18)22(24)25)28-17-5-3-4-16(12-17)15(2)23/h3-7,12-14H,8-11H2,1-2H3. The average molecular weight is 418 g/mol. The van der Waals surface area contributed by atoms with Gasteiger partial charge < -0.3 is 4.74 Å². The van der Waals surface area contributed by atoms with Crippen molar-refractivity contribution in [1.82, 2.24) is 4.31 Å². The quantitative estimate of drug-likeness (QED) is 0.398. The van der Waals surface area contributed by atoms with Crippen LogP contribution in [0.5, 0.6) is 11.5 Å². The first-order valence-electron chi connectivity index (χ1n) is 9.26. The third kappa shape index (κ3) is 4.63. The van der Waals surface area contributed by atoms with Gasteiger partial charge in [-0.3, -0.25) is 14.9 Å². The summed E-state index contributed by atoms with van der Waals surface area (Å²) in [4.78, 5) is 22.2. The van der Waals surface area contributed by atoms with Crippen LogP contribution in [0, 0.1) is 16.0 Å². The monoisotopic (exact) mass is 418 g/mol. The molecule has 0 unspecified atom stereocenters. The second-order valence-corrected chi connectivity index (χ2v) is 9.10. The SMILES string of the molecule is CC(=O)c1cccc(Oc2ccc(S(=O)(=O)N3CCC(C)CC3)cc2[N+](=O)[O-])c1. The summed E-state index contributed by atoms with van der Waals surface area (Å²) in [6.45, 7) is 4.27. The Kier molecular flexibility index (Phi) is 5.99. The zero-order valence-corrected chi connectivity index (χ0v) is 17.0. The van der Waals surface area contributed by atoms with Crippen molar-refractivity contribution in [2.75, 3.05) is 13.1 Å². The first-order chi connectivity index (χ1) is 13.7. The van der Waals surface area contributed by atoms with Gasteiger partial charge in [0.15, 0.2) is 5.78 Å². The summed E-state index contributed by atoms with van der Waals surface area (Å²) in [5, 5.41) is 11.5. The van der Waals surface area contributed by atoms with E-state index in [1.54, 1.807) is 18.2 Å². The van der Waals surface area contributed by atoms with Gasteiger partial charge in [-0.05, 0) is 49.9 Å². The molecule has 0 spiro atoms. The van der Waals surface area contributed by atoms with E-state index in [1.807, 2.05) is 0 Å². The molecule has 2 aromatic carbocycles. The summed E-state index contributed by atoms with van der Waals surface area (Å²) in [5.41, 5.74) is -0.0478. The lowest BCUT2D eigenvalue weighted by atomic mass is 10.0. The van der Waals surface area contributed by atoms with Crippen LogP contribution in [0.1, 0.15) is 37.0 Å². The van der Waals surface area contributed by atoms with Gasteiger partial charge in [0.25, 0.3) is 0 Å². The molecule has 0 amide bonds. The molecule has 9 heteroatoms. The van der Waals surface area contributed by atoms with Gasteiger partial charge in [-0.1, -0.05) is 19.1 Å². The Morgan fingerprint density at radius 3 is 2.48 bits per heavy atom. The number of nitro benzene ring substituents is 1. The van der Waals surface area contributed by atoms with Crippen molar-refractivity contribution in [2.45, 2.75) is 31.6 Å². The van der Waals surface area contributed by atoms with Gasteiger partial charge in [-0.2, -0.15) is 4.31 Å². The molecule has 0 saturated carbocycles. The first-order valence-corrected chi connectivity index (χ1v) is 10.7. The highest BCUT2D eigenvalue weighted by molar-refractivity contribution is 7.89. The molecule has 0 aliphatic carbocycles. The number of nitro groups is 1. The van der Waals surface area contributed by atoms with Crippen molar-refractivity contribution in [1.29, 1.82) is 0 Å². The molecular formula is C20H22N2O6S. The number of hydrogen-bond donors (Lipinski definition) is 0. The molecule has 0 radical (unpaired) electrons. The number of benzene rings is 2. The highest BCUT2D eigenvalue weighted by Gasteiger charge is 2.30. The van der Waals surface area contributed by atoms with Crippen LogP contribution in [0.15, 0.2) is 47.4 Å². The maximum atomic E-state index is 12.9. The molecule has 0 atom stereocenters. The van der Waals surface area contributed by atoms with Crippen molar-refractivity contribution in [2.24, 2.45) is 5.92 Å². The van der Waals surface area contributed by atoms with Crippen LogP contribution in [0.3, 0.4) is 0 Å². The normalized spacial score (nSPS) is 15.8. The minimum Gasteiger partial charge on any atom is -0.450 e. The van der Waals surface area contributed by atoms with Crippen molar-refractivity contribution < 1.29 is 22.9 Å². The van der Waals surface area contributed by atoms with Crippen molar-refractivity contribution >= 4 is 21.5 Å². The lowest BCUT2D eigenvalue weighted by Crippen LogP contribution is -2.37. The Bertz CT molecular complexity index is 1040. The largest absolute Gasteiger partial charge is 0.450 e. The summed E-state index contributed by atoms with van der Waals surface area (Å²) < 4.78 is 32.7. The fraction of sp³-hybridized carbons (Fsp3) is 0.350. The number of carbonyl (C=O) groups excluding carboxylic acids is 1. The van der Waals surface area contributed by atoms with Crippen molar-refractivity contribution in [3.8, 4) is 11.5 Å². The van der Waals surface area contributed by atoms with Crippen LogP contribution in [0.4, 0.5) is 5.69 Å². The van der Waals surface area contributed by atoms with Crippen LogP contribution >= 0.6 is 0 Å². The van der Waals surface area contributed by atoms with Crippen LogP contribution in [-0.2, 0) is 10.0 Å². The van der Waals surface area contributed by atoms with E-state index in [4.69, 9.17) is 4.74 Å². The van der Waals surface area contributed by atoms with Crippen molar-refractivity contribution in [3.05, 3.63) is 58.1 Å². The Labute approximate surface area is 169 Å². The molecule has 3 rings (SSSR count). The highest BCUT2D eigenvalue weighted by Crippen LogP contribution is 2.35. The number of piperidine rings is 1. The first kappa shape index (κ1) is 20.9. The molecule has 2 aromatic rings. The number of nitrogens with zero attached hydrogens (tertiary/aromatic N) is 2. The van der Waals surface area contributed by atoms with E-state index in [1.165, 1.54) is 29.4 Å². The maximum absolute atomic E-state index is 12.9. The summed E-state index contributed by atoms with van der Waals surface area (Å²) in [7, 11) is -3.82. The molecule has 0 bridgehead atoms. The molecule has 8 nitrogen and oxygen atoms in total. The Balaban J connectivity index is 1.92. The number of rotatable bonds is 6. The Morgan fingerprint density at radius 1 is 1.17 bits per heavy atom. The van der Waals surface area contributed by atoms with Gasteiger partial charge in [0.2, 0.25) is 15.8 Å². The topological polar surface area (TPSA) is 107 Å². The van der Waals surface area contributed by atoms with Gasteiger partial charge in [-0.15, -0.1) is 0 Å². The molecule has 1 heterocycles. The molecule has 1 aliphatic rings. The van der Waals surface area contributed by atoms with Crippen LogP contribution < -0.4 is 4.74 Å². The molecule has 1 saturated heterocycles. The predicted octanol–water partition coefficient (Wildman–Crippen LogP) is 4.01. The van der Waals surface area contributed by atoms with Crippen molar-refractivity contribution in [3.63, 3.8) is 0 Å². The van der Waals surface area contributed by atoms with Crippen LogP contribution in [-0.4, -0.2) is 36.5 Å². The molecule has 1 aliphatic heterocycles. The third-order valence-electron chi connectivity index (χ3n) is 4.98. The minimum absolute atomic E-state index is 0.0954. The smallest absolute Gasteiger partial charge is 0.312 e. The predicted molar refractivity (Wildman–Crippen MR) is 107 cm³/mol. The van der Waals surface area contributed by atoms with E-state index >= 15 is 0 Å². The van der Waals surface area contributed by atoms with E-state index in [-0.39, 0.29) is 22.2 Å². The number of hydrogen-bond acceptors (Lipinski definition) is 6. The van der Waals surface area contributed by atoms with Crippen LogP contribution in [0.25, 0.3) is 0 Å². The lowest BCUT2D eigenvalue weighted by Gasteiger charge is -2.29. The second kappa shape index (κ2) is 8.30.